The van der Waals surface area contributed by atoms with Crippen molar-refractivity contribution in [1.29, 1.82) is 0 Å². The second-order valence-corrected chi connectivity index (χ2v) is 8.53. The molecule has 1 aliphatic carbocycles. The van der Waals surface area contributed by atoms with Crippen molar-refractivity contribution in [1.82, 2.24) is 15.2 Å². The lowest BCUT2D eigenvalue weighted by molar-refractivity contribution is -0.191. The quantitative estimate of drug-likeness (QED) is 0.804. The van der Waals surface area contributed by atoms with Crippen LogP contribution >= 0.6 is 11.3 Å². The van der Waals surface area contributed by atoms with Crippen molar-refractivity contribution in [3.05, 3.63) is 17.0 Å². The van der Waals surface area contributed by atoms with Gasteiger partial charge in [0.25, 0.3) is 5.89 Å². The van der Waals surface area contributed by atoms with Gasteiger partial charge in [-0.15, -0.1) is 21.5 Å². The Labute approximate surface area is 152 Å². The predicted octanol–water partition coefficient (Wildman–Crippen LogP) is 4.32. The highest BCUT2D eigenvalue weighted by atomic mass is 32.1. The first-order valence-electron chi connectivity index (χ1n) is 8.67. The number of rotatable bonds is 4. The number of aromatic nitrogens is 3. The predicted molar refractivity (Wildman–Crippen MR) is 93.9 cm³/mol. The minimum atomic E-state index is 0.152. The highest BCUT2D eigenvalue weighted by Gasteiger charge is 2.20. The third-order valence-corrected chi connectivity index (χ3v) is 4.98. The van der Waals surface area contributed by atoms with Crippen molar-refractivity contribution in [3.8, 4) is 10.9 Å². The number of hydrogen-bond acceptors (Lipinski definition) is 7. The normalized spacial score (nSPS) is 15.3. The molecule has 6 nitrogen and oxygen atoms in total. The summed E-state index contributed by atoms with van der Waals surface area (Å²) < 4.78 is 5.77. The molecule has 2 heterocycles. The molecular formula is C18H25N3O3S. The molecule has 0 saturated heterocycles. The molecule has 136 valence electrons. The molecule has 0 spiro atoms. The van der Waals surface area contributed by atoms with E-state index in [0.29, 0.717) is 11.8 Å². The Kier molecular flexibility index (Phi) is 7.02. The van der Waals surface area contributed by atoms with Crippen molar-refractivity contribution in [2.45, 2.75) is 65.7 Å². The molecule has 2 aromatic rings. The summed E-state index contributed by atoms with van der Waals surface area (Å²) in [6.07, 6.45) is 8.99. The van der Waals surface area contributed by atoms with E-state index in [4.69, 9.17) is 19.0 Å². The van der Waals surface area contributed by atoms with Crippen molar-refractivity contribution in [3.63, 3.8) is 0 Å². The average molecular weight is 363 g/mol. The fourth-order valence-electron chi connectivity index (χ4n) is 3.05. The van der Waals surface area contributed by atoms with E-state index >= 15 is 0 Å². The van der Waals surface area contributed by atoms with Gasteiger partial charge in [-0.05, 0) is 17.8 Å². The lowest BCUT2D eigenvalue weighted by Crippen LogP contribution is -2.09. The van der Waals surface area contributed by atoms with Crippen LogP contribution in [0.2, 0.25) is 0 Å². The van der Waals surface area contributed by atoms with Gasteiger partial charge in [-0.2, -0.15) is 9.59 Å². The van der Waals surface area contributed by atoms with Crippen molar-refractivity contribution in [2.24, 2.45) is 11.3 Å². The minimum absolute atomic E-state index is 0.152. The molecule has 25 heavy (non-hydrogen) atoms. The van der Waals surface area contributed by atoms with E-state index in [-0.39, 0.29) is 11.6 Å². The molecule has 3 rings (SSSR count). The molecule has 2 aromatic heterocycles. The van der Waals surface area contributed by atoms with Crippen LogP contribution in [0.3, 0.4) is 0 Å². The molecular weight excluding hydrogens is 338 g/mol. The number of carbonyl (C=O) groups excluding carboxylic acids is 2. The maximum Gasteiger partial charge on any atom is 0.373 e. The van der Waals surface area contributed by atoms with Crippen LogP contribution < -0.4 is 0 Å². The fourth-order valence-corrected chi connectivity index (χ4v) is 3.80. The highest BCUT2D eigenvalue weighted by Crippen LogP contribution is 2.30. The highest BCUT2D eigenvalue weighted by molar-refractivity contribution is 7.13. The molecule has 0 radical (unpaired) electrons. The fraction of sp³-hybridized carbons (Fsp3) is 0.667. The summed E-state index contributed by atoms with van der Waals surface area (Å²) in [5, 5.41) is 11.3. The van der Waals surface area contributed by atoms with Gasteiger partial charge < -0.3 is 4.42 Å². The smallest absolute Gasteiger partial charge is 0.373 e. The van der Waals surface area contributed by atoms with Crippen LogP contribution in [0.4, 0.5) is 0 Å². The Morgan fingerprint density at radius 1 is 1.20 bits per heavy atom. The lowest BCUT2D eigenvalue weighted by atomic mass is 9.86. The summed E-state index contributed by atoms with van der Waals surface area (Å²) in [5.74, 6) is 2.08. The third-order valence-electron chi connectivity index (χ3n) is 4.11. The van der Waals surface area contributed by atoms with Gasteiger partial charge in [0, 0.05) is 11.8 Å². The van der Waals surface area contributed by atoms with E-state index in [1.807, 2.05) is 0 Å². The average Bonchev–Trinajstić information content (AvgIpc) is 3.17. The van der Waals surface area contributed by atoms with Crippen LogP contribution in [0, 0.1) is 11.3 Å². The summed E-state index contributed by atoms with van der Waals surface area (Å²) in [7, 11) is 0. The third kappa shape index (κ3) is 6.52. The Morgan fingerprint density at radius 3 is 2.52 bits per heavy atom. The molecule has 0 N–H and O–H groups in total. The second kappa shape index (κ2) is 9.02. The maximum atomic E-state index is 8.12. The van der Waals surface area contributed by atoms with Crippen LogP contribution in [-0.4, -0.2) is 21.3 Å². The zero-order chi connectivity index (χ0) is 18.3. The summed E-state index contributed by atoms with van der Waals surface area (Å²) in [4.78, 5) is 21.0. The molecule has 1 fully saturated rings. The SMILES string of the molecule is CC(C)(C)Cc1nnc(-c2nc(CC3CCCCC3)cs2)o1.O=C=O. The van der Waals surface area contributed by atoms with Gasteiger partial charge in [-0.25, -0.2) is 4.98 Å². The monoisotopic (exact) mass is 363 g/mol. The zero-order valence-electron chi connectivity index (χ0n) is 15.1. The first-order chi connectivity index (χ1) is 11.9. The molecule has 0 aromatic carbocycles. The minimum Gasteiger partial charge on any atom is -0.419 e. The van der Waals surface area contributed by atoms with Crippen LogP contribution in [0.1, 0.15) is 64.5 Å². The van der Waals surface area contributed by atoms with Crippen LogP contribution in [0.15, 0.2) is 9.80 Å². The van der Waals surface area contributed by atoms with E-state index in [9.17, 15) is 0 Å². The molecule has 0 atom stereocenters. The van der Waals surface area contributed by atoms with Crippen molar-refractivity contribution < 1.29 is 14.0 Å². The Morgan fingerprint density at radius 2 is 1.88 bits per heavy atom. The molecule has 1 saturated carbocycles. The van der Waals surface area contributed by atoms with Gasteiger partial charge in [0.15, 0.2) is 5.01 Å². The van der Waals surface area contributed by atoms with E-state index in [2.05, 4.69) is 36.3 Å². The van der Waals surface area contributed by atoms with Gasteiger partial charge in [0.05, 0.1) is 5.69 Å². The largest absolute Gasteiger partial charge is 0.419 e. The lowest BCUT2D eigenvalue weighted by Gasteiger charge is -2.20. The molecule has 0 aliphatic heterocycles. The molecule has 0 bridgehead atoms. The number of nitrogens with zero attached hydrogens (tertiary/aromatic N) is 3. The van der Waals surface area contributed by atoms with Gasteiger partial charge >= 0.3 is 6.15 Å². The van der Waals surface area contributed by atoms with E-state index in [0.717, 1.165) is 23.8 Å². The number of hydrogen-bond donors (Lipinski definition) is 0. The van der Waals surface area contributed by atoms with Crippen LogP contribution in [0.5, 0.6) is 0 Å². The van der Waals surface area contributed by atoms with Crippen LogP contribution in [-0.2, 0) is 22.4 Å². The molecule has 7 heteroatoms. The van der Waals surface area contributed by atoms with Crippen LogP contribution in [0.25, 0.3) is 10.9 Å². The van der Waals surface area contributed by atoms with E-state index < -0.39 is 0 Å². The van der Waals surface area contributed by atoms with Gasteiger partial charge in [0.1, 0.15) is 0 Å². The van der Waals surface area contributed by atoms with E-state index in [1.165, 1.54) is 37.8 Å². The summed E-state index contributed by atoms with van der Waals surface area (Å²) in [6.45, 7) is 6.51. The summed E-state index contributed by atoms with van der Waals surface area (Å²) in [5.41, 5.74) is 1.33. The molecule has 1 aliphatic rings. The first kappa shape index (κ1) is 19.5. The van der Waals surface area contributed by atoms with Gasteiger partial charge in [-0.1, -0.05) is 52.9 Å². The Balaban J connectivity index is 0.000000701. The molecule has 0 unspecified atom stereocenters. The van der Waals surface area contributed by atoms with Gasteiger partial charge in [-0.3, -0.25) is 0 Å². The zero-order valence-corrected chi connectivity index (χ0v) is 15.9. The Bertz CT molecular complexity index is 690. The molecule has 0 amide bonds. The van der Waals surface area contributed by atoms with Crippen molar-refractivity contribution >= 4 is 17.5 Å². The second-order valence-electron chi connectivity index (χ2n) is 7.67. The summed E-state index contributed by atoms with van der Waals surface area (Å²) in [6, 6.07) is 0. The first-order valence-corrected chi connectivity index (χ1v) is 9.55. The Hall–Kier alpha value is -1.85. The van der Waals surface area contributed by atoms with Gasteiger partial charge in [0.2, 0.25) is 5.89 Å². The van der Waals surface area contributed by atoms with E-state index in [1.54, 1.807) is 11.3 Å². The topological polar surface area (TPSA) is 85.9 Å². The number of thiazole rings is 1. The maximum absolute atomic E-state index is 8.12. The summed E-state index contributed by atoms with van der Waals surface area (Å²) >= 11 is 1.62. The standard InChI is InChI=1S/C17H25N3OS.CO2/c1-17(2,3)10-14-19-20-15(21-14)16-18-13(11-22-16)9-12-7-5-4-6-8-12;2-1-3/h11-12H,4-10H2,1-3H3;. The van der Waals surface area contributed by atoms with Crippen molar-refractivity contribution in [2.75, 3.05) is 0 Å².